The Balaban J connectivity index is 1.94. The fraction of sp³-hybridized carbons (Fsp3) is 0.526. The third-order valence-electron chi connectivity index (χ3n) is 4.98. The van der Waals surface area contributed by atoms with Crippen LogP contribution in [0.25, 0.3) is 5.65 Å². The van der Waals surface area contributed by atoms with Crippen molar-refractivity contribution in [3.63, 3.8) is 0 Å². The van der Waals surface area contributed by atoms with Gasteiger partial charge in [-0.25, -0.2) is 0 Å². The number of rotatable bonds is 2. The molecule has 0 unspecified atom stereocenters. The summed E-state index contributed by atoms with van der Waals surface area (Å²) in [4.78, 5) is 29.4. The molecule has 0 radical (unpaired) electrons. The molecule has 1 fully saturated rings. The summed E-state index contributed by atoms with van der Waals surface area (Å²) in [6.07, 6.45) is 4.40. The Morgan fingerprint density at radius 3 is 2.80 bits per heavy atom. The first-order chi connectivity index (χ1) is 11.7. The van der Waals surface area contributed by atoms with Gasteiger partial charge >= 0.3 is 0 Å². The number of carbonyl (C=O) groups excluding carboxylic acids is 1. The molecule has 1 aliphatic rings. The van der Waals surface area contributed by atoms with Gasteiger partial charge in [-0.2, -0.15) is 4.98 Å². The zero-order valence-electron chi connectivity index (χ0n) is 15.2. The molecule has 3 rings (SSSR count). The SMILES string of the molecule is Cc1cccn2c(=O)c(C(=O)N[C@@H]3C[C@@H](C)CC(C)(C)C3)c(O)nc12. The Bertz CT molecular complexity index is 885. The summed E-state index contributed by atoms with van der Waals surface area (Å²) in [7, 11) is 0. The molecule has 0 spiro atoms. The Morgan fingerprint density at radius 2 is 2.12 bits per heavy atom. The van der Waals surface area contributed by atoms with Gasteiger partial charge in [-0.05, 0) is 49.1 Å². The van der Waals surface area contributed by atoms with Crippen LogP contribution in [-0.4, -0.2) is 26.4 Å². The molecule has 1 aliphatic carbocycles. The second-order valence-electron chi connectivity index (χ2n) is 8.08. The van der Waals surface area contributed by atoms with E-state index in [4.69, 9.17) is 0 Å². The molecule has 25 heavy (non-hydrogen) atoms. The van der Waals surface area contributed by atoms with Crippen LogP contribution in [0.4, 0.5) is 0 Å². The Hall–Kier alpha value is -2.37. The molecule has 2 atom stereocenters. The van der Waals surface area contributed by atoms with Crippen LogP contribution in [0, 0.1) is 18.3 Å². The van der Waals surface area contributed by atoms with E-state index >= 15 is 0 Å². The number of pyridine rings is 1. The van der Waals surface area contributed by atoms with Crippen LogP contribution in [0.5, 0.6) is 5.88 Å². The van der Waals surface area contributed by atoms with Gasteiger partial charge in [-0.1, -0.05) is 26.8 Å². The van der Waals surface area contributed by atoms with Gasteiger partial charge in [-0.3, -0.25) is 14.0 Å². The van der Waals surface area contributed by atoms with Gasteiger partial charge in [0.05, 0.1) is 0 Å². The normalized spacial score (nSPS) is 22.7. The zero-order chi connectivity index (χ0) is 18.4. The number of fused-ring (bicyclic) bond motifs is 1. The Kier molecular flexibility index (Phi) is 4.31. The van der Waals surface area contributed by atoms with Gasteiger partial charge in [0, 0.05) is 12.2 Å². The van der Waals surface area contributed by atoms with Crippen molar-refractivity contribution in [3.05, 3.63) is 39.8 Å². The van der Waals surface area contributed by atoms with Crippen LogP contribution >= 0.6 is 0 Å². The summed E-state index contributed by atoms with van der Waals surface area (Å²) in [6.45, 7) is 8.35. The summed E-state index contributed by atoms with van der Waals surface area (Å²) in [5, 5.41) is 13.1. The summed E-state index contributed by atoms with van der Waals surface area (Å²) in [5.41, 5.74) is 0.412. The predicted molar refractivity (Wildman–Crippen MR) is 95.9 cm³/mol. The van der Waals surface area contributed by atoms with Gasteiger partial charge in [-0.15, -0.1) is 0 Å². The molecule has 0 bridgehead atoms. The molecule has 6 nitrogen and oxygen atoms in total. The van der Waals surface area contributed by atoms with Crippen molar-refractivity contribution in [1.82, 2.24) is 14.7 Å². The highest BCUT2D eigenvalue weighted by molar-refractivity contribution is 5.96. The van der Waals surface area contributed by atoms with E-state index < -0.39 is 17.3 Å². The molecular formula is C19H25N3O3. The summed E-state index contributed by atoms with van der Waals surface area (Å²) in [6, 6.07) is 3.50. The molecule has 2 N–H and O–H groups in total. The maximum absolute atomic E-state index is 12.7. The number of nitrogens with one attached hydrogen (secondary N) is 1. The van der Waals surface area contributed by atoms with Crippen molar-refractivity contribution in [3.8, 4) is 5.88 Å². The lowest BCUT2D eigenvalue weighted by molar-refractivity contribution is 0.0869. The van der Waals surface area contributed by atoms with E-state index in [-0.39, 0.29) is 17.0 Å². The van der Waals surface area contributed by atoms with Crippen LogP contribution in [0.15, 0.2) is 23.1 Å². The number of aromatic hydroxyl groups is 1. The summed E-state index contributed by atoms with van der Waals surface area (Å²) >= 11 is 0. The van der Waals surface area contributed by atoms with Gasteiger partial charge in [0.2, 0.25) is 5.88 Å². The molecular weight excluding hydrogens is 318 g/mol. The standard InChI is InChI=1S/C19H25N3O3/c1-11-8-13(10-19(3,4)9-11)20-16(23)14-17(24)21-15-12(2)6-5-7-22(15)18(14)25/h5-7,11,13,24H,8-10H2,1-4H3,(H,20,23)/t11-,13-/m1/s1. The second kappa shape index (κ2) is 6.17. The van der Waals surface area contributed by atoms with Crippen LogP contribution in [-0.2, 0) is 0 Å². The number of aryl methyl sites for hydroxylation is 1. The second-order valence-corrected chi connectivity index (χ2v) is 8.08. The lowest BCUT2D eigenvalue weighted by atomic mass is 9.70. The predicted octanol–water partition coefficient (Wildman–Crippen LogP) is 2.65. The average molecular weight is 343 g/mol. The van der Waals surface area contributed by atoms with E-state index in [2.05, 4.69) is 31.1 Å². The number of hydrogen-bond acceptors (Lipinski definition) is 4. The monoisotopic (exact) mass is 343 g/mol. The molecule has 1 amide bonds. The smallest absolute Gasteiger partial charge is 0.274 e. The quantitative estimate of drug-likeness (QED) is 0.878. The highest BCUT2D eigenvalue weighted by Crippen LogP contribution is 2.38. The molecule has 1 saturated carbocycles. The fourth-order valence-corrected chi connectivity index (χ4v) is 4.20. The molecule has 2 heterocycles. The maximum Gasteiger partial charge on any atom is 0.274 e. The highest BCUT2D eigenvalue weighted by atomic mass is 16.3. The van der Waals surface area contributed by atoms with E-state index in [1.165, 1.54) is 4.40 Å². The first kappa shape index (κ1) is 17.5. The molecule has 2 aromatic heterocycles. The third-order valence-corrected chi connectivity index (χ3v) is 4.98. The third kappa shape index (κ3) is 3.38. The minimum absolute atomic E-state index is 0.0109. The van der Waals surface area contributed by atoms with Crippen LogP contribution in [0.1, 0.15) is 56.0 Å². The largest absolute Gasteiger partial charge is 0.493 e. The van der Waals surface area contributed by atoms with Crippen molar-refractivity contribution in [2.75, 3.05) is 0 Å². The fourth-order valence-electron chi connectivity index (χ4n) is 4.20. The van der Waals surface area contributed by atoms with E-state index in [0.29, 0.717) is 11.6 Å². The van der Waals surface area contributed by atoms with E-state index in [1.54, 1.807) is 25.3 Å². The van der Waals surface area contributed by atoms with Crippen molar-refractivity contribution in [1.29, 1.82) is 0 Å². The minimum atomic E-state index is -0.555. The zero-order valence-corrected chi connectivity index (χ0v) is 15.2. The summed E-state index contributed by atoms with van der Waals surface area (Å²) in [5.74, 6) is -0.568. The number of aromatic nitrogens is 2. The minimum Gasteiger partial charge on any atom is -0.493 e. The van der Waals surface area contributed by atoms with Crippen molar-refractivity contribution < 1.29 is 9.90 Å². The number of amides is 1. The van der Waals surface area contributed by atoms with Gasteiger partial charge in [0.25, 0.3) is 11.5 Å². The van der Waals surface area contributed by atoms with Crippen molar-refractivity contribution >= 4 is 11.6 Å². The molecule has 0 aromatic carbocycles. The first-order valence-corrected chi connectivity index (χ1v) is 8.70. The summed E-state index contributed by atoms with van der Waals surface area (Å²) < 4.78 is 1.30. The first-order valence-electron chi connectivity index (χ1n) is 8.70. The van der Waals surface area contributed by atoms with Gasteiger partial charge in [0.15, 0.2) is 5.56 Å². The molecule has 6 heteroatoms. The van der Waals surface area contributed by atoms with E-state index in [1.807, 2.05) is 0 Å². The molecule has 134 valence electrons. The lowest BCUT2D eigenvalue weighted by Crippen LogP contribution is -2.44. The lowest BCUT2D eigenvalue weighted by Gasteiger charge is -2.39. The number of carbonyl (C=O) groups is 1. The Labute approximate surface area is 146 Å². The van der Waals surface area contributed by atoms with Crippen LogP contribution in [0.2, 0.25) is 0 Å². The van der Waals surface area contributed by atoms with Crippen LogP contribution < -0.4 is 10.9 Å². The molecule has 0 aliphatic heterocycles. The van der Waals surface area contributed by atoms with Crippen molar-refractivity contribution in [2.45, 2.75) is 53.0 Å². The topological polar surface area (TPSA) is 83.7 Å². The number of hydrogen-bond donors (Lipinski definition) is 2. The Morgan fingerprint density at radius 1 is 1.40 bits per heavy atom. The van der Waals surface area contributed by atoms with E-state index in [9.17, 15) is 14.7 Å². The average Bonchev–Trinajstić information content (AvgIpc) is 2.46. The van der Waals surface area contributed by atoms with Gasteiger partial charge < -0.3 is 10.4 Å². The molecule has 2 aromatic rings. The molecule has 0 saturated heterocycles. The van der Waals surface area contributed by atoms with Gasteiger partial charge in [0.1, 0.15) is 5.65 Å². The van der Waals surface area contributed by atoms with Crippen molar-refractivity contribution in [2.24, 2.45) is 11.3 Å². The highest BCUT2D eigenvalue weighted by Gasteiger charge is 2.33. The van der Waals surface area contributed by atoms with E-state index in [0.717, 1.165) is 24.8 Å². The number of nitrogens with zero attached hydrogens (tertiary/aromatic N) is 2. The maximum atomic E-state index is 12.7. The van der Waals surface area contributed by atoms with Crippen LogP contribution in [0.3, 0.4) is 0 Å².